The summed E-state index contributed by atoms with van der Waals surface area (Å²) in [6.07, 6.45) is 6.41. The van der Waals surface area contributed by atoms with Gasteiger partial charge in [0.2, 0.25) is 0 Å². The van der Waals surface area contributed by atoms with Crippen molar-refractivity contribution in [3.8, 4) is 11.4 Å². The van der Waals surface area contributed by atoms with Gasteiger partial charge in [-0.2, -0.15) is 0 Å². The number of piperidine rings is 1. The Bertz CT molecular complexity index is 644. The normalized spacial score (nSPS) is 18.4. The fraction of sp³-hybridized carbons (Fsp3) is 0.474. The number of rotatable bonds is 3. The van der Waals surface area contributed by atoms with Crippen molar-refractivity contribution in [1.29, 1.82) is 0 Å². The van der Waals surface area contributed by atoms with E-state index in [4.69, 9.17) is 9.97 Å². The average molecular weight is 308 g/mol. The SMILES string of the molecule is c1ccc(-c2nc(N3CCCCC3)cc(N3CCCC3)n2)cc1. The van der Waals surface area contributed by atoms with Gasteiger partial charge < -0.3 is 9.80 Å². The highest BCUT2D eigenvalue weighted by molar-refractivity contribution is 5.62. The minimum atomic E-state index is 0.857. The summed E-state index contributed by atoms with van der Waals surface area (Å²) >= 11 is 0. The molecule has 0 saturated carbocycles. The summed E-state index contributed by atoms with van der Waals surface area (Å²) in [5, 5.41) is 0. The van der Waals surface area contributed by atoms with Gasteiger partial charge in [-0.1, -0.05) is 30.3 Å². The molecule has 0 radical (unpaired) electrons. The summed E-state index contributed by atoms with van der Waals surface area (Å²) in [5.74, 6) is 3.05. The third-order valence-corrected chi connectivity index (χ3v) is 4.84. The van der Waals surface area contributed by atoms with Crippen LogP contribution in [0.5, 0.6) is 0 Å². The van der Waals surface area contributed by atoms with Crippen LogP contribution in [0.15, 0.2) is 36.4 Å². The van der Waals surface area contributed by atoms with E-state index in [1.807, 2.05) is 6.07 Å². The molecule has 120 valence electrons. The fourth-order valence-corrected chi connectivity index (χ4v) is 3.53. The van der Waals surface area contributed by atoms with Gasteiger partial charge in [0.05, 0.1) is 0 Å². The monoisotopic (exact) mass is 308 g/mol. The number of aromatic nitrogens is 2. The number of hydrogen-bond acceptors (Lipinski definition) is 4. The van der Waals surface area contributed by atoms with E-state index < -0.39 is 0 Å². The van der Waals surface area contributed by atoms with Crippen LogP contribution in [0.4, 0.5) is 11.6 Å². The number of hydrogen-bond donors (Lipinski definition) is 0. The Hall–Kier alpha value is -2.10. The van der Waals surface area contributed by atoms with Gasteiger partial charge in [-0.25, -0.2) is 9.97 Å². The quantitative estimate of drug-likeness (QED) is 0.865. The molecule has 2 fully saturated rings. The van der Waals surface area contributed by atoms with Gasteiger partial charge in [-0.15, -0.1) is 0 Å². The summed E-state index contributed by atoms with van der Waals surface area (Å²) in [6, 6.07) is 12.6. The van der Waals surface area contributed by atoms with E-state index in [-0.39, 0.29) is 0 Å². The van der Waals surface area contributed by atoms with Gasteiger partial charge in [-0.3, -0.25) is 0 Å². The van der Waals surface area contributed by atoms with Gasteiger partial charge in [0.15, 0.2) is 5.82 Å². The second kappa shape index (κ2) is 6.57. The lowest BCUT2D eigenvalue weighted by molar-refractivity contribution is 0.573. The van der Waals surface area contributed by atoms with Crippen molar-refractivity contribution >= 4 is 11.6 Å². The molecule has 4 rings (SSSR count). The maximum Gasteiger partial charge on any atom is 0.163 e. The molecule has 2 aromatic rings. The van der Waals surface area contributed by atoms with Crippen molar-refractivity contribution in [3.05, 3.63) is 36.4 Å². The number of benzene rings is 1. The second-order valence-electron chi connectivity index (χ2n) is 6.52. The summed E-state index contributed by atoms with van der Waals surface area (Å²) in [6.45, 7) is 4.46. The molecule has 0 atom stereocenters. The molecule has 2 saturated heterocycles. The molecular weight excluding hydrogens is 284 g/mol. The Labute approximate surface area is 138 Å². The van der Waals surface area contributed by atoms with E-state index >= 15 is 0 Å². The molecule has 0 N–H and O–H groups in total. The molecule has 4 nitrogen and oxygen atoms in total. The van der Waals surface area contributed by atoms with E-state index in [1.54, 1.807) is 0 Å². The van der Waals surface area contributed by atoms with E-state index in [0.717, 1.165) is 49.2 Å². The largest absolute Gasteiger partial charge is 0.356 e. The minimum absolute atomic E-state index is 0.857. The predicted molar refractivity (Wildman–Crippen MR) is 95.0 cm³/mol. The van der Waals surface area contributed by atoms with Crippen LogP contribution in [-0.4, -0.2) is 36.1 Å². The first-order valence-corrected chi connectivity index (χ1v) is 8.84. The van der Waals surface area contributed by atoms with Gasteiger partial charge >= 0.3 is 0 Å². The molecule has 0 aliphatic carbocycles. The highest BCUT2D eigenvalue weighted by Crippen LogP contribution is 2.28. The van der Waals surface area contributed by atoms with Crippen LogP contribution in [-0.2, 0) is 0 Å². The van der Waals surface area contributed by atoms with Crippen molar-refractivity contribution in [2.24, 2.45) is 0 Å². The van der Waals surface area contributed by atoms with Crippen molar-refractivity contribution in [2.45, 2.75) is 32.1 Å². The van der Waals surface area contributed by atoms with Crippen LogP contribution in [0.1, 0.15) is 32.1 Å². The van der Waals surface area contributed by atoms with Crippen LogP contribution in [0.2, 0.25) is 0 Å². The topological polar surface area (TPSA) is 32.3 Å². The standard InChI is InChI=1S/C19H24N4/c1-3-9-16(10-4-1)19-20-17(22-11-5-2-6-12-22)15-18(21-19)23-13-7-8-14-23/h1,3-4,9-10,15H,2,5-8,11-14H2. The van der Waals surface area contributed by atoms with Crippen LogP contribution < -0.4 is 9.80 Å². The van der Waals surface area contributed by atoms with E-state index in [9.17, 15) is 0 Å². The molecule has 3 heterocycles. The lowest BCUT2D eigenvalue weighted by Gasteiger charge is -2.29. The smallest absolute Gasteiger partial charge is 0.163 e. The zero-order valence-corrected chi connectivity index (χ0v) is 13.6. The summed E-state index contributed by atoms with van der Waals surface area (Å²) < 4.78 is 0. The van der Waals surface area contributed by atoms with Crippen LogP contribution in [0.3, 0.4) is 0 Å². The van der Waals surface area contributed by atoms with Crippen molar-refractivity contribution in [3.63, 3.8) is 0 Å². The average Bonchev–Trinajstić information content (AvgIpc) is 3.18. The zero-order valence-electron chi connectivity index (χ0n) is 13.6. The maximum absolute atomic E-state index is 4.89. The van der Waals surface area contributed by atoms with Crippen molar-refractivity contribution in [2.75, 3.05) is 36.0 Å². The molecule has 2 aliphatic heterocycles. The lowest BCUT2D eigenvalue weighted by atomic mass is 10.1. The Morgan fingerprint density at radius 3 is 1.74 bits per heavy atom. The van der Waals surface area contributed by atoms with Crippen LogP contribution >= 0.6 is 0 Å². The van der Waals surface area contributed by atoms with E-state index in [1.165, 1.54) is 32.1 Å². The summed E-state index contributed by atoms with van der Waals surface area (Å²) in [4.78, 5) is 14.6. The first kappa shape index (κ1) is 14.5. The van der Waals surface area contributed by atoms with Crippen LogP contribution in [0.25, 0.3) is 11.4 Å². The number of nitrogens with zero attached hydrogens (tertiary/aromatic N) is 4. The molecule has 23 heavy (non-hydrogen) atoms. The van der Waals surface area contributed by atoms with E-state index in [2.05, 4.69) is 40.1 Å². The molecule has 1 aromatic heterocycles. The van der Waals surface area contributed by atoms with Gasteiger partial charge in [0, 0.05) is 37.8 Å². The Balaban J connectivity index is 1.73. The fourth-order valence-electron chi connectivity index (χ4n) is 3.53. The molecule has 4 heteroatoms. The first-order valence-electron chi connectivity index (χ1n) is 8.84. The highest BCUT2D eigenvalue weighted by Gasteiger charge is 2.19. The Morgan fingerprint density at radius 2 is 1.17 bits per heavy atom. The second-order valence-corrected chi connectivity index (χ2v) is 6.52. The van der Waals surface area contributed by atoms with E-state index in [0.29, 0.717) is 0 Å². The van der Waals surface area contributed by atoms with Gasteiger partial charge in [-0.05, 0) is 32.1 Å². The summed E-state index contributed by atoms with van der Waals surface area (Å²) in [7, 11) is 0. The Morgan fingerprint density at radius 1 is 0.652 bits per heavy atom. The molecule has 0 unspecified atom stereocenters. The van der Waals surface area contributed by atoms with Gasteiger partial charge in [0.25, 0.3) is 0 Å². The summed E-state index contributed by atoms with van der Waals surface area (Å²) in [5.41, 5.74) is 1.10. The molecule has 0 spiro atoms. The van der Waals surface area contributed by atoms with Crippen molar-refractivity contribution in [1.82, 2.24) is 9.97 Å². The number of anilines is 2. The molecule has 0 amide bonds. The van der Waals surface area contributed by atoms with Crippen LogP contribution in [0, 0.1) is 0 Å². The lowest BCUT2D eigenvalue weighted by Crippen LogP contribution is -2.31. The molecule has 1 aromatic carbocycles. The zero-order chi connectivity index (χ0) is 15.5. The Kier molecular flexibility index (Phi) is 4.14. The molecular formula is C19H24N4. The molecule has 0 bridgehead atoms. The third kappa shape index (κ3) is 3.16. The third-order valence-electron chi connectivity index (χ3n) is 4.84. The van der Waals surface area contributed by atoms with Gasteiger partial charge in [0.1, 0.15) is 11.6 Å². The first-order chi connectivity index (χ1) is 11.4. The highest BCUT2D eigenvalue weighted by atomic mass is 15.2. The maximum atomic E-state index is 4.89. The predicted octanol–water partition coefficient (Wildman–Crippen LogP) is 3.73. The molecule has 2 aliphatic rings. The minimum Gasteiger partial charge on any atom is -0.356 e. The van der Waals surface area contributed by atoms with Crippen molar-refractivity contribution < 1.29 is 0 Å².